The molecule has 0 spiro atoms. The molecule has 0 aromatic heterocycles. The Morgan fingerprint density at radius 1 is 1.65 bits per heavy atom. The van der Waals surface area contributed by atoms with Gasteiger partial charge in [-0.1, -0.05) is 15.3 Å². The summed E-state index contributed by atoms with van der Waals surface area (Å²) < 4.78 is 53.2. The van der Waals surface area contributed by atoms with Crippen LogP contribution in [0.15, 0.2) is 11.6 Å². The summed E-state index contributed by atoms with van der Waals surface area (Å²) in [6, 6.07) is -0.199. The number of nitrogens with one attached hydrogen (secondary N) is 1. The van der Waals surface area contributed by atoms with Gasteiger partial charge in [0.15, 0.2) is 0 Å². The van der Waals surface area contributed by atoms with Crippen molar-refractivity contribution in [2.75, 3.05) is 33.4 Å². The van der Waals surface area contributed by atoms with Gasteiger partial charge in [0.05, 0.1) is 12.6 Å². The molecular formula is C12H23N3O5S3. The Hall–Kier alpha value is 0.150. The maximum absolute atomic E-state index is 12.8. The summed E-state index contributed by atoms with van der Waals surface area (Å²) in [6.07, 6.45) is 2.08. The van der Waals surface area contributed by atoms with Gasteiger partial charge in [0.1, 0.15) is 20.8 Å². The topological polar surface area (TPSA) is 131 Å². The molecule has 11 heteroatoms. The second kappa shape index (κ2) is 7.58. The van der Waals surface area contributed by atoms with Crippen molar-refractivity contribution in [1.29, 1.82) is 0 Å². The van der Waals surface area contributed by atoms with Crippen LogP contribution < -0.4 is 10.5 Å². The highest BCUT2D eigenvalue weighted by Crippen LogP contribution is 2.46. The first-order chi connectivity index (χ1) is 10.7. The van der Waals surface area contributed by atoms with Gasteiger partial charge >= 0.3 is 0 Å². The van der Waals surface area contributed by atoms with Gasteiger partial charge in [-0.25, -0.2) is 0 Å². The Morgan fingerprint density at radius 3 is 2.91 bits per heavy atom. The SMILES string of the molecule is CCN[C@H]1CN(CCCOC)[S+](=O)([O-])C2SC([S+](N)(=O)[O-])C=C21. The van der Waals surface area contributed by atoms with Crippen molar-refractivity contribution < 1.29 is 22.3 Å². The fraction of sp³-hybridized carbons (Fsp3) is 0.833. The van der Waals surface area contributed by atoms with E-state index in [-0.39, 0.29) is 6.04 Å². The van der Waals surface area contributed by atoms with Crippen LogP contribution in [0.4, 0.5) is 0 Å². The zero-order valence-corrected chi connectivity index (χ0v) is 15.6. The minimum atomic E-state index is -3.83. The molecule has 1 saturated heterocycles. The smallest absolute Gasteiger partial charge is 0.210 e. The molecule has 2 aliphatic rings. The molecule has 2 heterocycles. The normalized spacial score (nSPS) is 37.3. The molecule has 2 aliphatic heterocycles. The molecule has 0 aromatic rings. The summed E-state index contributed by atoms with van der Waals surface area (Å²) >= 11 is 0.875. The van der Waals surface area contributed by atoms with E-state index in [9.17, 15) is 17.5 Å². The Kier molecular flexibility index (Phi) is 6.42. The number of hydrogen-bond donors (Lipinski definition) is 2. The fourth-order valence-corrected chi connectivity index (χ4v) is 8.02. The van der Waals surface area contributed by atoms with Gasteiger partial charge in [0, 0.05) is 25.8 Å². The summed E-state index contributed by atoms with van der Waals surface area (Å²) in [6.45, 7) is 3.69. The second-order valence-electron chi connectivity index (χ2n) is 5.45. The summed E-state index contributed by atoms with van der Waals surface area (Å²) in [5.41, 5.74) is 0.596. The van der Waals surface area contributed by atoms with Crippen molar-refractivity contribution in [2.45, 2.75) is 28.6 Å². The minimum absolute atomic E-state index is 0.199. The first-order valence-electron chi connectivity index (χ1n) is 7.31. The Morgan fingerprint density at radius 2 is 2.35 bits per heavy atom. The van der Waals surface area contributed by atoms with Crippen LogP contribution in [-0.4, -0.2) is 62.0 Å². The van der Waals surface area contributed by atoms with E-state index in [1.54, 1.807) is 7.11 Å². The molecule has 3 N–H and O–H groups in total. The Labute approximate surface area is 143 Å². The molecule has 4 unspecified atom stereocenters. The van der Waals surface area contributed by atoms with Gasteiger partial charge in [-0.3, -0.25) is 0 Å². The van der Waals surface area contributed by atoms with Gasteiger partial charge in [-0.2, -0.15) is 5.14 Å². The van der Waals surface area contributed by atoms with Crippen molar-refractivity contribution in [3.63, 3.8) is 0 Å². The molecule has 5 atom stereocenters. The predicted octanol–water partition coefficient (Wildman–Crippen LogP) is -0.309. The first-order valence-corrected chi connectivity index (χ1v) is 11.4. The highest BCUT2D eigenvalue weighted by molar-refractivity contribution is 8.22. The fourth-order valence-electron chi connectivity index (χ4n) is 2.75. The maximum Gasteiger partial charge on any atom is 0.210 e. The zero-order valence-electron chi connectivity index (χ0n) is 13.1. The van der Waals surface area contributed by atoms with Crippen molar-refractivity contribution in [1.82, 2.24) is 9.62 Å². The number of likely N-dealkylation sites (N-methyl/N-ethyl adjacent to an activating group) is 1. The van der Waals surface area contributed by atoms with Crippen molar-refractivity contribution in [3.8, 4) is 0 Å². The van der Waals surface area contributed by atoms with E-state index in [4.69, 9.17) is 9.88 Å². The number of rotatable bonds is 7. The number of nitrogens with zero attached hydrogens (tertiary/aromatic N) is 1. The lowest BCUT2D eigenvalue weighted by molar-refractivity contribution is 0.183. The molecule has 134 valence electrons. The number of fused-ring (bicyclic) bond motifs is 1. The molecule has 0 radical (unpaired) electrons. The van der Waals surface area contributed by atoms with Gasteiger partial charge in [-0.15, -0.1) is 4.31 Å². The third kappa shape index (κ3) is 4.22. The summed E-state index contributed by atoms with van der Waals surface area (Å²) in [4.78, 5) is 0. The number of primary sulfonamides is 1. The Balaban J connectivity index is 2.25. The molecule has 2 rings (SSSR count). The Bertz CT molecular complexity index is 552. The van der Waals surface area contributed by atoms with E-state index in [0.717, 1.165) is 11.8 Å². The number of methoxy groups -OCH3 is 1. The van der Waals surface area contributed by atoms with Crippen LogP contribution >= 0.6 is 11.8 Å². The molecule has 0 amide bonds. The highest BCUT2D eigenvalue weighted by atomic mass is 32.3. The number of ether oxygens (including phenoxy) is 1. The van der Waals surface area contributed by atoms with E-state index in [1.165, 1.54) is 10.4 Å². The van der Waals surface area contributed by atoms with Crippen LogP contribution in [0.2, 0.25) is 0 Å². The zero-order chi connectivity index (χ0) is 17.3. The lowest BCUT2D eigenvalue weighted by Gasteiger charge is -2.40. The lowest BCUT2D eigenvalue weighted by atomic mass is 10.1. The molecule has 23 heavy (non-hydrogen) atoms. The third-order valence-electron chi connectivity index (χ3n) is 3.81. The summed E-state index contributed by atoms with van der Waals surface area (Å²) in [5, 5.41) is 8.43. The van der Waals surface area contributed by atoms with Crippen LogP contribution in [0.5, 0.6) is 0 Å². The van der Waals surface area contributed by atoms with Crippen LogP contribution in [0.25, 0.3) is 0 Å². The van der Waals surface area contributed by atoms with Gasteiger partial charge in [0.2, 0.25) is 9.16 Å². The predicted molar refractivity (Wildman–Crippen MR) is 90.6 cm³/mol. The van der Waals surface area contributed by atoms with Crippen molar-refractivity contribution in [2.24, 2.45) is 5.14 Å². The van der Waals surface area contributed by atoms with Gasteiger partial charge in [0.25, 0.3) is 0 Å². The summed E-state index contributed by atoms with van der Waals surface area (Å²) in [7, 11) is -5.88. The molecule has 0 saturated carbocycles. The molecule has 1 fully saturated rings. The maximum atomic E-state index is 12.8. The van der Waals surface area contributed by atoms with E-state index in [2.05, 4.69) is 5.32 Å². The number of thioether (sulfide) groups is 1. The van der Waals surface area contributed by atoms with Crippen LogP contribution in [0, 0.1) is 0 Å². The van der Waals surface area contributed by atoms with E-state index in [1.807, 2.05) is 6.92 Å². The van der Waals surface area contributed by atoms with Crippen LogP contribution in [0.3, 0.4) is 0 Å². The monoisotopic (exact) mass is 385 g/mol. The number of hydrogen-bond acceptors (Lipinski definition) is 7. The number of sulfonamides is 2. The van der Waals surface area contributed by atoms with Gasteiger partial charge < -0.3 is 19.2 Å². The van der Waals surface area contributed by atoms with E-state index in [0.29, 0.717) is 38.2 Å². The quantitative estimate of drug-likeness (QED) is 0.349. The average Bonchev–Trinajstić information content (AvgIpc) is 2.90. The standard InChI is InChI=1S/C12H23N3O5S3/c1-3-14-10-8-15(5-4-6-20-2)23(18,19)12-9(10)7-11(21-12)22(13,16)17/h7,10-12,14H,3-6,8H2,1-2H3,(H2-2,13,16,17,18,19)/t10-,11?,12?/m0/s1. The second-order valence-corrected chi connectivity index (χ2v) is 11.0. The van der Waals surface area contributed by atoms with Crippen molar-refractivity contribution >= 4 is 32.6 Å². The molecule has 0 aromatic carbocycles. The minimum Gasteiger partial charge on any atom is -0.597 e. The van der Waals surface area contributed by atoms with Crippen molar-refractivity contribution in [3.05, 3.63) is 11.6 Å². The number of nitrogens with two attached hydrogens (primary N) is 1. The van der Waals surface area contributed by atoms with E-state index >= 15 is 0 Å². The molecule has 0 bridgehead atoms. The lowest BCUT2D eigenvalue weighted by Crippen LogP contribution is -2.57. The molecule has 8 nitrogen and oxygen atoms in total. The third-order valence-corrected chi connectivity index (χ3v) is 9.58. The van der Waals surface area contributed by atoms with Crippen LogP contribution in [0.1, 0.15) is 13.3 Å². The molecule has 0 aliphatic carbocycles. The average molecular weight is 386 g/mol. The first kappa shape index (κ1) is 19.5. The highest BCUT2D eigenvalue weighted by Gasteiger charge is 2.54. The largest absolute Gasteiger partial charge is 0.597 e. The van der Waals surface area contributed by atoms with Gasteiger partial charge in [-0.05, 0) is 30.8 Å². The molecular weight excluding hydrogens is 362 g/mol. The van der Waals surface area contributed by atoms with Crippen LogP contribution in [-0.2, 0) is 34.0 Å². The summed E-state index contributed by atoms with van der Waals surface area (Å²) in [5.74, 6) is 0. The van der Waals surface area contributed by atoms with E-state index < -0.39 is 30.0 Å².